The van der Waals surface area contributed by atoms with Gasteiger partial charge in [-0.25, -0.2) is 4.98 Å². The minimum absolute atomic E-state index is 0.125. The van der Waals surface area contributed by atoms with Crippen LogP contribution in [0, 0.1) is 0 Å². The molecule has 0 fully saturated rings. The number of fused-ring (bicyclic) bond motifs is 1. The number of anilines is 1. The van der Waals surface area contributed by atoms with Gasteiger partial charge in [-0.2, -0.15) is 13.2 Å². The van der Waals surface area contributed by atoms with Crippen LogP contribution in [0.25, 0.3) is 16.3 Å². The molecular weight excluding hydrogens is 505 g/mol. The number of hydrogen-bond donors (Lipinski definition) is 0. The average molecular weight is 529 g/mol. The predicted molar refractivity (Wildman–Crippen MR) is 137 cm³/mol. The summed E-state index contributed by atoms with van der Waals surface area (Å²) in [4.78, 5) is 19.0. The number of alkyl halides is 3. The maximum atomic E-state index is 13.6. The van der Waals surface area contributed by atoms with Gasteiger partial charge in [0, 0.05) is 6.08 Å². The smallest absolute Gasteiger partial charge is 0.418 e. The molecule has 6 nitrogen and oxygen atoms in total. The van der Waals surface area contributed by atoms with Crippen LogP contribution in [-0.2, 0) is 17.5 Å². The van der Waals surface area contributed by atoms with Gasteiger partial charge in [-0.15, -0.1) is 0 Å². The van der Waals surface area contributed by atoms with Crippen molar-refractivity contribution in [2.75, 3.05) is 26.2 Å². The van der Waals surface area contributed by atoms with Crippen LogP contribution in [0.1, 0.15) is 16.7 Å². The van der Waals surface area contributed by atoms with Crippen molar-refractivity contribution in [3.8, 4) is 17.2 Å². The Hall–Kier alpha value is -4.05. The van der Waals surface area contributed by atoms with E-state index in [0.717, 1.165) is 23.0 Å². The first-order valence-corrected chi connectivity index (χ1v) is 11.9. The third-order valence-electron chi connectivity index (χ3n) is 5.50. The van der Waals surface area contributed by atoms with E-state index in [1.165, 1.54) is 38.4 Å². The van der Waals surface area contributed by atoms with Gasteiger partial charge in [-0.3, -0.25) is 9.69 Å². The standard InChI is InChI=1S/C27H23F3N2O4S/c1-34-20-14-18(15-21(35-2)25(20)36-3)12-13-23(33)32(16-17-8-5-4-6-9-17)26-31-24-19(27(28,29)30)10-7-11-22(24)37-26/h4-15H,16H2,1-3H3/b13-12+. The summed E-state index contributed by atoms with van der Waals surface area (Å²) in [5.41, 5.74) is 0.376. The van der Waals surface area contributed by atoms with Gasteiger partial charge >= 0.3 is 6.18 Å². The molecule has 4 rings (SSSR count). The van der Waals surface area contributed by atoms with Gasteiger partial charge in [0.05, 0.1) is 43.7 Å². The van der Waals surface area contributed by atoms with E-state index in [2.05, 4.69) is 4.98 Å². The minimum atomic E-state index is -4.56. The Morgan fingerprint density at radius 1 is 0.973 bits per heavy atom. The number of rotatable bonds is 8. The highest BCUT2D eigenvalue weighted by molar-refractivity contribution is 7.22. The highest BCUT2D eigenvalue weighted by Gasteiger charge is 2.34. The molecule has 0 radical (unpaired) electrons. The molecule has 192 valence electrons. The molecule has 0 aliphatic rings. The molecule has 0 N–H and O–H groups in total. The van der Waals surface area contributed by atoms with Crippen LogP contribution in [-0.4, -0.2) is 32.2 Å². The number of hydrogen-bond acceptors (Lipinski definition) is 6. The zero-order chi connectivity index (χ0) is 26.6. The molecule has 0 saturated heterocycles. The van der Waals surface area contributed by atoms with E-state index >= 15 is 0 Å². The Balaban J connectivity index is 1.73. The summed E-state index contributed by atoms with van der Waals surface area (Å²) in [5, 5.41) is 0.162. The summed E-state index contributed by atoms with van der Waals surface area (Å²) in [6.45, 7) is 0.125. The lowest BCUT2D eigenvalue weighted by molar-refractivity contribution is -0.136. The van der Waals surface area contributed by atoms with E-state index in [-0.39, 0.29) is 17.2 Å². The third kappa shape index (κ3) is 5.69. The van der Waals surface area contributed by atoms with Crippen molar-refractivity contribution in [1.29, 1.82) is 0 Å². The Kier molecular flexibility index (Phi) is 7.68. The molecule has 10 heteroatoms. The molecule has 0 aliphatic heterocycles. The zero-order valence-corrected chi connectivity index (χ0v) is 21.0. The van der Waals surface area contributed by atoms with Crippen molar-refractivity contribution in [3.05, 3.63) is 83.4 Å². The molecule has 0 aliphatic carbocycles. The molecule has 1 amide bonds. The average Bonchev–Trinajstić information content (AvgIpc) is 3.33. The highest BCUT2D eigenvalue weighted by atomic mass is 32.1. The normalized spacial score (nSPS) is 11.6. The quantitative estimate of drug-likeness (QED) is 0.242. The van der Waals surface area contributed by atoms with Crippen molar-refractivity contribution in [1.82, 2.24) is 4.98 Å². The third-order valence-corrected chi connectivity index (χ3v) is 6.54. The van der Waals surface area contributed by atoms with Gasteiger partial charge in [0.1, 0.15) is 0 Å². The summed E-state index contributed by atoms with van der Waals surface area (Å²) in [6, 6.07) is 16.4. The number of ether oxygens (including phenoxy) is 3. The van der Waals surface area contributed by atoms with Gasteiger partial charge in [0.15, 0.2) is 16.6 Å². The van der Waals surface area contributed by atoms with Crippen LogP contribution >= 0.6 is 11.3 Å². The summed E-state index contributed by atoms with van der Waals surface area (Å²) in [6.07, 6.45) is -1.66. The monoisotopic (exact) mass is 528 g/mol. The van der Waals surface area contributed by atoms with Crippen molar-refractivity contribution in [2.45, 2.75) is 12.7 Å². The molecule has 0 spiro atoms. The second kappa shape index (κ2) is 10.9. The van der Waals surface area contributed by atoms with Gasteiger partial charge < -0.3 is 14.2 Å². The molecular formula is C27H23F3N2O4S. The Labute approximate surface area is 215 Å². The SMILES string of the molecule is COc1cc(/C=C/C(=O)N(Cc2ccccc2)c2nc3c(C(F)(F)F)cccc3s2)cc(OC)c1OC. The first-order chi connectivity index (χ1) is 17.7. The van der Waals surface area contributed by atoms with Crippen LogP contribution in [0.2, 0.25) is 0 Å². The van der Waals surface area contributed by atoms with Gasteiger partial charge in [0.25, 0.3) is 5.91 Å². The molecule has 3 aromatic carbocycles. The molecule has 0 atom stereocenters. The van der Waals surface area contributed by atoms with E-state index < -0.39 is 17.6 Å². The van der Waals surface area contributed by atoms with Crippen LogP contribution in [0.5, 0.6) is 17.2 Å². The van der Waals surface area contributed by atoms with Crippen molar-refractivity contribution in [2.24, 2.45) is 0 Å². The number of benzene rings is 3. The Morgan fingerprint density at radius 3 is 2.24 bits per heavy atom. The Morgan fingerprint density at radius 2 is 1.65 bits per heavy atom. The topological polar surface area (TPSA) is 60.9 Å². The number of amides is 1. The number of halogens is 3. The van der Waals surface area contributed by atoms with Crippen molar-refractivity contribution < 1.29 is 32.2 Å². The lowest BCUT2D eigenvalue weighted by atomic mass is 10.1. The molecule has 0 unspecified atom stereocenters. The van der Waals surface area contributed by atoms with Gasteiger partial charge in [0.2, 0.25) is 5.75 Å². The van der Waals surface area contributed by atoms with Gasteiger partial charge in [-0.05, 0) is 41.5 Å². The van der Waals surface area contributed by atoms with Gasteiger partial charge in [-0.1, -0.05) is 47.7 Å². The fourth-order valence-electron chi connectivity index (χ4n) is 3.74. The van der Waals surface area contributed by atoms with E-state index in [4.69, 9.17) is 14.2 Å². The number of carbonyl (C=O) groups excluding carboxylic acids is 1. The highest BCUT2D eigenvalue weighted by Crippen LogP contribution is 2.40. The van der Waals surface area contributed by atoms with Crippen molar-refractivity contribution in [3.63, 3.8) is 0 Å². The summed E-state index contributed by atoms with van der Waals surface area (Å²) in [5.74, 6) is 0.793. The molecule has 0 saturated carbocycles. The van der Waals surface area contributed by atoms with Crippen molar-refractivity contribution >= 4 is 38.7 Å². The maximum Gasteiger partial charge on any atom is 0.418 e. The fourth-order valence-corrected chi connectivity index (χ4v) is 4.74. The number of aromatic nitrogens is 1. The maximum absolute atomic E-state index is 13.6. The number of carbonyl (C=O) groups is 1. The Bertz CT molecular complexity index is 1410. The van der Waals surface area contributed by atoms with E-state index in [0.29, 0.717) is 27.5 Å². The van der Waals surface area contributed by atoms with E-state index in [9.17, 15) is 18.0 Å². The summed E-state index contributed by atoms with van der Waals surface area (Å²) in [7, 11) is 4.46. The molecule has 0 bridgehead atoms. The largest absolute Gasteiger partial charge is 0.493 e. The molecule has 1 aromatic heterocycles. The van der Waals surface area contributed by atoms with Crippen LogP contribution in [0.3, 0.4) is 0 Å². The zero-order valence-electron chi connectivity index (χ0n) is 20.2. The predicted octanol–water partition coefficient (Wildman–Crippen LogP) is 6.59. The lowest BCUT2D eigenvalue weighted by Crippen LogP contribution is -2.28. The van der Waals surface area contributed by atoms with Crippen LogP contribution in [0.4, 0.5) is 18.3 Å². The first kappa shape index (κ1) is 26.0. The fraction of sp³-hybridized carbons (Fsp3) is 0.185. The second-order valence-corrected chi connectivity index (χ2v) is 8.86. The molecule has 37 heavy (non-hydrogen) atoms. The summed E-state index contributed by atoms with van der Waals surface area (Å²) >= 11 is 1.03. The first-order valence-electron chi connectivity index (χ1n) is 11.1. The number of methoxy groups -OCH3 is 3. The minimum Gasteiger partial charge on any atom is -0.493 e. The van der Waals surface area contributed by atoms with Crippen LogP contribution < -0.4 is 19.1 Å². The number of thiazole rings is 1. The van der Waals surface area contributed by atoms with Crippen LogP contribution in [0.15, 0.2) is 66.7 Å². The number of para-hydroxylation sites is 1. The lowest BCUT2D eigenvalue weighted by Gasteiger charge is -2.18. The number of nitrogens with zero attached hydrogens (tertiary/aromatic N) is 2. The molecule has 4 aromatic rings. The summed E-state index contributed by atoms with van der Waals surface area (Å²) < 4.78 is 57.1. The van der Waals surface area contributed by atoms with E-state index in [1.807, 2.05) is 30.3 Å². The second-order valence-electron chi connectivity index (χ2n) is 7.85. The van der Waals surface area contributed by atoms with E-state index in [1.54, 1.807) is 24.3 Å². The molecule has 1 heterocycles.